The Kier molecular flexibility index (Phi) is 5.34. The molecule has 3 nitrogen and oxygen atoms in total. The molecule has 0 radical (unpaired) electrons. The van der Waals surface area contributed by atoms with Crippen molar-refractivity contribution in [3.8, 4) is 0 Å². The molecule has 0 aliphatic heterocycles. The predicted molar refractivity (Wildman–Crippen MR) is 43.3 cm³/mol. The fraction of sp³-hybridized carbons (Fsp3) is 0.778. The first-order valence-corrected chi connectivity index (χ1v) is 4.37. The number of Topliss-reactive ketones (excluding diaryl/α,β-unsaturated/α-hetero) is 1. The van der Waals surface area contributed by atoms with E-state index in [0.29, 0.717) is 6.42 Å². The molecule has 0 spiro atoms. The van der Waals surface area contributed by atoms with E-state index in [-0.39, 0.29) is 12.2 Å². The number of carbonyl (C=O) groups is 2. The van der Waals surface area contributed by atoms with Gasteiger partial charge in [0.05, 0.1) is 11.9 Å². The molecule has 0 aliphatic carbocycles. The summed E-state index contributed by atoms with van der Waals surface area (Å²) in [5, 5.41) is 10.5. The minimum Gasteiger partial charge on any atom is -0.549 e. The highest BCUT2D eigenvalue weighted by Gasteiger charge is 2.16. The monoisotopic (exact) mass is 171 g/mol. The summed E-state index contributed by atoms with van der Waals surface area (Å²) in [4.78, 5) is 21.5. The highest BCUT2D eigenvalue weighted by molar-refractivity contribution is 5.97. The molecule has 0 aliphatic rings. The molecule has 70 valence electrons. The number of carbonyl (C=O) groups excluding carboxylic acids is 2. The van der Waals surface area contributed by atoms with E-state index in [1.165, 1.54) is 0 Å². The van der Waals surface area contributed by atoms with Crippen LogP contribution in [0.4, 0.5) is 0 Å². The van der Waals surface area contributed by atoms with Gasteiger partial charge < -0.3 is 9.90 Å². The van der Waals surface area contributed by atoms with Crippen LogP contribution in [0.1, 0.15) is 39.5 Å². The van der Waals surface area contributed by atoms with Crippen molar-refractivity contribution in [2.45, 2.75) is 39.5 Å². The molecule has 0 aromatic carbocycles. The van der Waals surface area contributed by atoms with E-state index in [4.69, 9.17) is 0 Å². The number of unbranched alkanes of at least 4 members (excludes halogenated alkanes) is 1. The Morgan fingerprint density at radius 3 is 2.25 bits per heavy atom. The zero-order chi connectivity index (χ0) is 9.56. The largest absolute Gasteiger partial charge is 0.549 e. The normalized spacial score (nSPS) is 12.5. The van der Waals surface area contributed by atoms with Crippen LogP contribution in [0.3, 0.4) is 0 Å². The third kappa shape index (κ3) is 3.51. The molecule has 1 atom stereocenters. The average molecular weight is 171 g/mol. The second-order valence-electron chi connectivity index (χ2n) is 2.83. The summed E-state index contributed by atoms with van der Waals surface area (Å²) in [6, 6.07) is 0. The fourth-order valence-corrected chi connectivity index (χ4v) is 1.06. The van der Waals surface area contributed by atoms with Crippen molar-refractivity contribution in [3.63, 3.8) is 0 Å². The lowest BCUT2D eigenvalue weighted by atomic mass is 9.96. The van der Waals surface area contributed by atoms with Gasteiger partial charge in [-0.3, -0.25) is 4.79 Å². The van der Waals surface area contributed by atoms with Crippen molar-refractivity contribution in [1.29, 1.82) is 0 Å². The van der Waals surface area contributed by atoms with Crippen LogP contribution in [0.15, 0.2) is 0 Å². The summed E-state index contributed by atoms with van der Waals surface area (Å²) in [6.07, 6.45) is 2.37. The molecule has 0 rings (SSSR count). The van der Waals surface area contributed by atoms with Crippen molar-refractivity contribution in [2.24, 2.45) is 5.92 Å². The molecular weight excluding hydrogens is 156 g/mol. The van der Waals surface area contributed by atoms with E-state index in [9.17, 15) is 14.7 Å². The van der Waals surface area contributed by atoms with E-state index in [2.05, 4.69) is 0 Å². The second kappa shape index (κ2) is 5.75. The van der Waals surface area contributed by atoms with Crippen LogP contribution in [0.5, 0.6) is 0 Å². The lowest BCUT2D eigenvalue weighted by molar-refractivity contribution is -0.310. The summed E-state index contributed by atoms with van der Waals surface area (Å²) in [6.45, 7) is 3.63. The van der Waals surface area contributed by atoms with Gasteiger partial charge in [0.1, 0.15) is 5.78 Å². The van der Waals surface area contributed by atoms with Crippen molar-refractivity contribution in [2.75, 3.05) is 0 Å². The summed E-state index contributed by atoms with van der Waals surface area (Å²) in [5.41, 5.74) is 0. The third-order valence-corrected chi connectivity index (χ3v) is 1.87. The van der Waals surface area contributed by atoms with Crippen LogP contribution in [-0.2, 0) is 9.59 Å². The Bertz CT molecular complexity index is 163. The van der Waals surface area contributed by atoms with Crippen LogP contribution in [-0.4, -0.2) is 11.8 Å². The molecule has 0 heterocycles. The lowest BCUT2D eigenvalue weighted by Crippen LogP contribution is -2.36. The maximum Gasteiger partial charge on any atom is 0.141 e. The number of carboxylic acids is 1. The van der Waals surface area contributed by atoms with E-state index in [1.807, 2.05) is 6.92 Å². The Morgan fingerprint density at radius 1 is 1.33 bits per heavy atom. The maximum atomic E-state index is 11.0. The Hall–Kier alpha value is -0.860. The first-order valence-electron chi connectivity index (χ1n) is 4.37. The number of ketones is 1. The van der Waals surface area contributed by atoms with Gasteiger partial charge in [0.25, 0.3) is 0 Å². The quantitative estimate of drug-likeness (QED) is 0.547. The Balaban J connectivity index is 4.04. The van der Waals surface area contributed by atoms with Gasteiger partial charge in [-0.05, 0) is 6.42 Å². The first kappa shape index (κ1) is 11.1. The van der Waals surface area contributed by atoms with Crippen molar-refractivity contribution in [3.05, 3.63) is 0 Å². The molecule has 0 N–H and O–H groups in total. The van der Waals surface area contributed by atoms with E-state index >= 15 is 0 Å². The SMILES string of the molecule is CCCCC(C(=O)[O-])C(=O)CC. The average Bonchev–Trinajstić information content (AvgIpc) is 2.04. The van der Waals surface area contributed by atoms with Crippen molar-refractivity contribution < 1.29 is 14.7 Å². The number of carboxylic acid groups (broad SMARTS) is 1. The predicted octanol–water partition coefficient (Wildman–Crippen LogP) is 0.522. The molecule has 0 amide bonds. The van der Waals surface area contributed by atoms with Gasteiger partial charge in [0.2, 0.25) is 0 Å². The van der Waals surface area contributed by atoms with Crippen LogP contribution >= 0.6 is 0 Å². The van der Waals surface area contributed by atoms with E-state index in [1.54, 1.807) is 6.92 Å². The van der Waals surface area contributed by atoms with E-state index in [0.717, 1.165) is 12.8 Å². The smallest absolute Gasteiger partial charge is 0.141 e. The second-order valence-corrected chi connectivity index (χ2v) is 2.83. The molecule has 0 fully saturated rings. The van der Waals surface area contributed by atoms with Crippen LogP contribution in [0, 0.1) is 5.92 Å². The summed E-state index contributed by atoms with van der Waals surface area (Å²) < 4.78 is 0. The standard InChI is InChI=1S/C9H16O3/c1-3-5-6-7(9(11)12)8(10)4-2/h7H,3-6H2,1-2H3,(H,11,12)/p-1. The molecule has 0 aromatic rings. The Morgan fingerprint density at radius 2 is 1.92 bits per heavy atom. The molecule has 3 heteroatoms. The van der Waals surface area contributed by atoms with Crippen molar-refractivity contribution in [1.82, 2.24) is 0 Å². The van der Waals surface area contributed by atoms with Crippen LogP contribution in [0.25, 0.3) is 0 Å². The minimum atomic E-state index is -1.23. The topological polar surface area (TPSA) is 57.2 Å². The molecule has 0 aromatic heterocycles. The van der Waals surface area contributed by atoms with Gasteiger partial charge in [-0.1, -0.05) is 26.7 Å². The summed E-state index contributed by atoms with van der Waals surface area (Å²) >= 11 is 0. The highest BCUT2D eigenvalue weighted by atomic mass is 16.4. The van der Waals surface area contributed by atoms with Gasteiger partial charge in [-0.2, -0.15) is 0 Å². The van der Waals surface area contributed by atoms with Gasteiger partial charge in [0, 0.05) is 6.42 Å². The lowest BCUT2D eigenvalue weighted by Gasteiger charge is -2.14. The minimum absolute atomic E-state index is 0.219. The first-order chi connectivity index (χ1) is 5.63. The highest BCUT2D eigenvalue weighted by Crippen LogP contribution is 2.10. The molecule has 0 bridgehead atoms. The molecule has 0 saturated carbocycles. The third-order valence-electron chi connectivity index (χ3n) is 1.87. The van der Waals surface area contributed by atoms with Crippen LogP contribution < -0.4 is 5.11 Å². The summed E-state index contributed by atoms with van der Waals surface area (Å²) in [5.74, 6) is -2.33. The van der Waals surface area contributed by atoms with Gasteiger partial charge in [-0.15, -0.1) is 0 Å². The molecule has 0 saturated heterocycles. The van der Waals surface area contributed by atoms with Gasteiger partial charge in [0.15, 0.2) is 0 Å². The van der Waals surface area contributed by atoms with E-state index < -0.39 is 11.9 Å². The number of hydrogen-bond acceptors (Lipinski definition) is 3. The van der Waals surface area contributed by atoms with Crippen LogP contribution in [0.2, 0.25) is 0 Å². The number of aliphatic carboxylic acids is 1. The van der Waals surface area contributed by atoms with Crippen molar-refractivity contribution >= 4 is 11.8 Å². The zero-order valence-electron chi connectivity index (χ0n) is 7.63. The van der Waals surface area contributed by atoms with Gasteiger partial charge in [-0.25, -0.2) is 0 Å². The van der Waals surface area contributed by atoms with Gasteiger partial charge >= 0.3 is 0 Å². The molecule has 1 unspecified atom stereocenters. The zero-order valence-corrected chi connectivity index (χ0v) is 7.63. The molecular formula is C9H15O3-. The number of rotatable bonds is 6. The molecule has 12 heavy (non-hydrogen) atoms. The summed E-state index contributed by atoms with van der Waals surface area (Å²) in [7, 11) is 0. The maximum absolute atomic E-state index is 11.0. The Labute approximate surface area is 72.8 Å². The number of hydrogen-bond donors (Lipinski definition) is 0. The fourth-order valence-electron chi connectivity index (χ4n) is 1.06.